The van der Waals surface area contributed by atoms with Crippen LogP contribution in [0.4, 0.5) is 5.82 Å². The Hall–Kier alpha value is -1.58. The molecular weight excluding hydrogens is 192 g/mol. The van der Waals surface area contributed by atoms with Gasteiger partial charge in [0.05, 0.1) is 12.5 Å². The second-order valence-electron chi connectivity index (χ2n) is 3.38. The van der Waals surface area contributed by atoms with Crippen LogP contribution in [0.5, 0.6) is 0 Å². The molecule has 4 nitrogen and oxygen atoms in total. The number of nitrogens with two attached hydrogens (primary N) is 1. The van der Waals surface area contributed by atoms with E-state index >= 15 is 0 Å². The molecular formula is C11H16N2O2. The Kier molecular flexibility index (Phi) is 3.66. The van der Waals surface area contributed by atoms with Crippen LogP contribution in [0.15, 0.2) is 12.1 Å². The van der Waals surface area contributed by atoms with Crippen LogP contribution in [0.1, 0.15) is 31.0 Å². The molecule has 0 aliphatic carbocycles. The fraction of sp³-hybridized carbons (Fsp3) is 0.455. The number of aromatic nitrogens is 1. The van der Waals surface area contributed by atoms with Gasteiger partial charge in [0, 0.05) is 5.69 Å². The van der Waals surface area contributed by atoms with Gasteiger partial charge in [-0.15, -0.1) is 0 Å². The third-order valence-corrected chi connectivity index (χ3v) is 2.25. The van der Waals surface area contributed by atoms with Crippen LogP contribution in [-0.2, 0) is 9.53 Å². The highest BCUT2D eigenvalue weighted by molar-refractivity contribution is 5.78. The number of nitrogens with zero attached hydrogens (tertiary/aromatic N) is 1. The Bertz CT molecular complexity index is 364. The summed E-state index contributed by atoms with van der Waals surface area (Å²) in [6.45, 7) is 5.82. The van der Waals surface area contributed by atoms with Crippen molar-refractivity contribution in [2.24, 2.45) is 0 Å². The van der Waals surface area contributed by atoms with Gasteiger partial charge in [-0.1, -0.05) is 6.07 Å². The molecule has 0 radical (unpaired) electrons. The van der Waals surface area contributed by atoms with Crippen molar-refractivity contribution in [1.82, 2.24) is 4.98 Å². The van der Waals surface area contributed by atoms with E-state index in [-0.39, 0.29) is 11.9 Å². The van der Waals surface area contributed by atoms with E-state index < -0.39 is 0 Å². The van der Waals surface area contributed by atoms with Crippen molar-refractivity contribution in [3.05, 3.63) is 23.4 Å². The van der Waals surface area contributed by atoms with E-state index in [1.165, 1.54) is 0 Å². The molecule has 4 heteroatoms. The van der Waals surface area contributed by atoms with Crippen LogP contribution in [0.3, 0.4) is 0 Å². The third-order valence-electron chi connectivity index (χ3n) is 2.25. The Labute approximate surface area is 89.5 Å². The number of hydrogen-bond acceptors (Lipinski definition) is 4. The molecule has 1 rings (SSSR count). The zero-order chi connectivity index (χ0) is 11.4. The van der Waals surface area contributed by atoms with Gasteiger partial charge < -0.3 is 10.5 Å². The number of esters is 1. The molecule has 15 heavy (non-hydrogen) atoms. The molecule has 0 saturated heterocycles. The van der Waals surface area contributed by atoms with Gasteiger partial charge in [0.1, 0.15) is 5.82 Å². The number of nitrogen functional groups attached to an aromatic ring is 1. The molecule has 0 bridgehead atoms. The van der Waals surface area contributed by atoms with E-state index in [0.29, 0.717) is 12.4 Å². The van der Waals surface area contributed by atoms with Gasteiger partial charge in [0.15, 0.2) is 0 Å². The Morgan fingerprint density at radius 1 is 1.60 bits per heavy atom. The van der Waals surface area contributed by atoms with E-state index in [9.17, 15) is 4.79 Å². The molecule has 0 aliphatic rings. The van der Waals surface area contributed by atoms with Gasteiger partial charge in [-0.2, -0.15) is 0 Å². The number of rotatable bonds is 3. The van der Waals surface area contributed by atoms with E-state index in [2.05, 4.69) is 4.98 Å². The van der Waals surface area contributed by atoms with Crippen molar-refractivity contribution in [3.8, 4) is 0 Å². The number of carbonyl (C=O) groups is 1. The van der Waals surface area contributed by atoms with E-state index in [1.54, 1.807) is 19.9 Å². The van der Waals surface area contributed by atoms with Gasteiger partial charge in [-0.05, 0) is 32.4 Å². The Morgan fingerprint density at radius 3 is 2.80 bits per heavy atom. The van der Waals surface area contributed by atoms with Crippen molar-refractivity contribution in [3.63, 3.8) is 0 Å². The second-order valence-corrected chi connectivity index (χ2v) is 3.38. The third kappa shape index (κ3) is 2.68. The minimum atomic E-state index is -0.293. The van der Waals surface area contributed by atoms with Crippen LogP contribution >= 0.6 is 0 Å². The summed E-state index contributed by atoms with van der Waals surface area (Å²) >= 11 is 0. The normalized spacial score (nSPS) is 12.2. The van der Waals surface area contributed by atoms with Gasteiger partial charge in [0.25, 0.3) is 0 Å². The summed E-state index contributed by atoms with van der Waals surface area (Å²) in [5.74, 6) is -0.0578. The molecule has 2 N–H and O–H groups in total. The van der Waals surface area contributed by atoms with Crippen LogP contribution < -0.4 is 5.73 Å². The molecule has 0 spiro atoms. The lowest BCUT2D eigenvalue weighted by molar-refractivity contribution is -0.144. The number of hydrogen-bond donors (Lipinski definition) is 1. The van der Waals surface area contributed by atoms with E-state index in [0.717, 1.165) is 11.3 Å². The van der Waals surface area contributed by atoms with Gasteiger partial charge in [-0.3, -0.25) is 4.79 Å². The molecule has 1 unspecified atom stereocenters. The SMILES string of the molecule is CCOC(=O)C(C)c1ccc(N)nc1C. The van der Waals surface area contributed by atoms with Crippen LogP contribution in [0.2, 0.25) is 0 Å². The van der Waals surface area contributed by atoms with Gasteiger partial charge >= 0.3 is 5.97 Å². The molecule has 0 amide bonds. The summed E-state index contributed by atoms with van der Waals surface area (Å²) in [6, 6.07) is 3.51. The summed E-state index contributed by atoms with van der Waals surface area (Å²) in [5.41, 5.74) is 7.17. The quantitative estimate of drug-likeness (QED) is 0.767. The maximum absolute atomic E-state index is 11.5. The maximum Gasteiger partial charge on any atom is 0.313 e. The second kappa shape index (κ2) is 4.77. The molecule has 1 heterocycles. The number of ether oxygens (including phenoxy) is 1. The Balaban J connectivity index is 2.91. The standard InChI is InChI=1S/C11H16N2O2/c1-4-15-11(14)7(2)9-5-6-10(12)13-8(9)3/h5-7H,4H2,1-3H3,(H2,12,13). The van der Waals surface area contributed by atoms with Crippen molar-refractivity contribution < 1.29 is 9.53 Å². The van der Waals surface area contributed by atoms with Crippen LogP contribution in [-0.4, -0.2) is 17.6 Å². The number of pyridine rings is 1. The summed E-state index contributed by atoms with van der Waals surface area (Å²) in [4.78, 5) is 15.6. The first kappa shape index (κ1) is 11.5. The molecule has 0 saturated carbocycles. The van der Waals surface area contributed by atoms with Crippen molar-refractivity contribution >= 4 is 11.8 Å². The first-order valence-electron chi connectivity index (χ1n) is 4.96. The van der Waals surface area contributed by atoms with E-state index in [4.69, 9.17) is 10.5 Å². The predicted molar refractivity (Wildman–Crippen MR) is 58.4 cm³/mol. The summed E-state index contributed by atoms with van der Waals surface area (Å²) in [6.07, 6.45) is 0. The maximum atomic E-state index is 11.5. The first-order chi connectivity index (χ1) is 7.06. The van der Waals surface area contributed by atoms with Gasteiger partial charge in [-0.25, -0.2) is 4.98 Å². The average Bonchev–Trinajstić information content (AvgIpc) is 2.17. The molecule has 1 aromatic rings. The fourth-order valence-corrected chi connectivity index (χ4v) is 1.44. The average molecular weight is 208 g/mol. The smallest absolute Gasteiger partial charge is 0.313 e. The lowest BCUT2D eigenvalue weighted by Crippen LogP contribution is -2.14. The summed E-state index contributed by atoms with van der Waals surface area (Å²) in [5, 5.41) is 0. The topological polar surface area (TPSA) is 65.2 Å². The highest BCUT2D eigenvalue weighted by Gasteiger charge is 2.18. The van der Waals surface area contributed by atoms with Crippen molar-refractivity contribution in [2.45, 2.75) is 26.7 Å². The zero-order valence-electron chi connectivity index (χ0n) is 9.28. The van der Waals surface area contributed by atoms with Gasteiger partial charge in [0.2, 0.25) is 0 Å². The summed E-state index contributed by atoms with van der Waals surface area (Å²) < 4.78 is 4.95. The van der Waals surface area contributed by atoms with Crippen molar-refractivity contribution in [1.29, 1.82) is 0 Å². The van der Waals surface area contributed by atoms with E-state index in [1.807, 2.05) is 13.0 Å². The lowest BCUT2D eigenvalue weighted by Gasteiger charge is -2.12. The molecule has 1 aromatic heterocycles. The zero-order valence-corrected chi connectivity index (χ0v) is 9.28. The molecule has 0 aliphatic heterocycles. The molecule has 82 valence electrons. The largest absolute Gasteiger partial charge is 0.466 e. The molecule has 0 aromatic carbocycles. The monoisotopic (exact) mass is 208 g/mol. The fourth-order valence-electron chi connectivity index (χ4n) is 1.44. The first-order valence-corrected chi connectivity index (χ1v) is 4.96. The molecule has 0 fully saturated rings. The minimum absolute atomic E-state index is 0.229. The predicted octanol–water partition coefficient (Wildman–Crippen LogP) is 1.64. The highest BCUT2D eigenvalue weighted by Crippen LogP contribution is 2.20. The Morgan fingerprint density at radius 2 is 2.27 bits per heavy atom. The summed E-state index contributed by atoms with van der Waals surface area (Å²) in [7, 11) is 0. The number of aryl methyl sites for hydroxylation is 1. The number of carbonyl (C=O) groups excluding carboxylic acids is 1. The molecule has 1 atom stereocenters. The van der Waals surface area contributed by atoms with Crippen LogP contribution in [0, 0.1) is 6.92 Å². The lowest BCUT2D eigenvalue weighted by atomic mass is 10.0. The van der Waals surface area contributed by atoms with Crippen molar-refractivity contribution in [2.75, 3.05) is 12.3 Å². The minimum Gasteiger partial charge on any atom is -0.466 e. The highest BCUT2D eigenvalue weighted by atomic mass is 16.5. The number of anilines is 1. The van der Waals surface area contributed by atoms with Crippen LogP contribution in [0.25, 0.3) is 0 Å².